The van der Waals surface area contributed by atoms with Gasteiger partial charge in [0, 0.05) is 19.0 Å². The second kappa shape index (κ2) is 5.49. The summed E-state index contributed by atoms with van der Waals surface area (Å²) in [6.45, 7) is 0.436. The van der Waals surface area contributed by atoms with Gasteiger partial charge in [0.2, 0.25) is 5.91 Å². The molecule has 1 N–H and O–H groups in total. The van der Waals surface area contributed by atoms with Gasteiger partial charge in [-0.25, -0.2) is 4.79 Å². The Hall–Kier alpha value is -2.09. The SMILES string of the molecule is O=C(O)c1ccc(N2CC(CS)CC2=O)cc1[N+](=O)[O-]. The Morgan fingerprint density at radius 3 is 2.75 bits per heavy atom. The Morgan fingerprint density at radius 2 is 2.25 bits per heavy atom. The summed E-state index contributed by atoms with van der Waals surface area (Å²) in [5.74, 6) is -0.855. The first-order valence-corrected chi connectivity index (χ1v) is 6.50. The molecule has 2 rings (SSSR count). The molecule has 0 bridgehead atoms. The number of hydrogen-bond acceptors (Lipinski definition) is 5. The van der Waals surface area contributed by atoms with Gasteiger partial charge in [0.1, 0.15) is 5.56 Å². The maximum Gasteiger partial charge on any atom is 0.342 e. The molecule has 1 amide bonds. The Morgan fingerprint density at radius 1 is 1.55 bits per heavy atom. The van der Waals surface area contributed by atoms with E-state index in [1.165, 1.54) is 11.0 Å². The molecule has 0 aliphatic carbocycles. The van der Waals surface area contributed by atoms with Crippen molar-refractivity contribution >= 4 is 35.9 Å². The molecule has 1 atom stereocenters. The lowest BCUT2D eigenvalue weighted by molar-refractivity contribution is -0.385. The number of thiol groups is 1. The molecule has 0 radical (unpaired) electrons. The van der Waals surface area contributed by atoms with Gasteiger partial charge in [-0.1, -0.05) is 0 Å². The zero-order valence-electron chi connectivity index (χ0n) is 10.4. The van der Waals surface area contributed by atoms with Gasteiger partial charge in [-0.15, -0.1) is 0 Å². The van der Waals surface area contributed by atoms with Crippen molar-refractivity contribution in [1.82, 2.24) is 0 Å². The van der Waals surface area contributed by atoms with E-state index in [-0.39, 0.29) is 11.8 Å². The minimum atomic E-state index is -1.37. The molecule has 106 valence electrons. The van der Waals surface area contributed by atoms with E-state index in [4.69, 9.17) is 5.11 Å². The van der Waals surface area contributed by atoms with E-state index in [2.05, 4.69) is 12.6 Å². The van der Waals surface area contributed by atoms with Crippen molar-refractivity contribution in [1.29, 1.82) is 0 Å². The van der Waals surface area contributed by atoms with Crippen molar-refractivity contribution in [3.8, 4) is 0 Å². The molecule has 8 heteroatoms. The molecule has 1 aliphatic heterocycles. The number of benzene rings is 1. The van der Waals surface area contributed by atoms with Crippen molar-refractivity contribution < 1.29 is 19.6 Å². The molecule has 1 aliphatic rings. The minimum absolute atomic E-state index is 0.101. The number of nitro benzene ring substituents is 1. The van der Waals surface area contributed by atoms with Crippen LogP contribution in [0.1, 0.15) is 16.8 Å². The first-order valence-electron chi connectivity index (χ1n) is 5.87. The first-order chi connectivity index (χ1) is 9.43. The van der Waals surface area contributed by atoms with Gasteiger partial charge in [0.05, 0.1) is 10.6 Å². The third kappa shape index (κ3) is 2.60. The number of carbonyl (C=O) groups excluding carboxylic acids is 1. The summed E-state index contributed by atoms with van der Waals surface area (Å²) < 4.78 is 0. The monoisotopic (exact) mass is 296 g/mol. The first kappa shape index (κ1) is 14.3. The number of rotatable bonds is 4. The van der Waals surface area contributed by atoms with Crippen molar-refractivity contribution in [3.63, 3.8) is 0 Å². The van der Waals surface area contributed by atoms with Gasteiger partial charge in [0.25, 0.3) is 5.69 Å². The van der Waals surface area contributed by atoms with Crippen LogP contribution in [0.5, 0.6) is 0 Å². The van der Waals surface area contributed by atoms with Gasteiger partial charge < -0.3 is 10.0 Å². The van der Waals surface area contributed by atoms with E-state index in [1.54, 1.807) is 0 Å². The maximum absolute atomic E-state index is 11.8. The summed E-state index contributed by atoms with van der Waals surface area (Å²) in [6.07, 6.45) is 0.345. The molecule has 1 saturated heterocycles. The average Bonchev–Trinajstić information content (AvgIpc) is 2.79. The van der Waals surface area contributed by atoms with Gasteiger partial charge in [-0.3, -0.25) is 14.9 Å². The lowest BCUT2D eigenvalue weighted by Gasteiger charge is -2.16. The van der Waals surface area contributed by atoms with Gasteiger partial charge >= 0.3 is 5.97 Å². The quantitative estimate of drug-likeness (QED) is 0.499. The van der Waals surface area contributed by atoms with Crippen LogP contribution in [0.15, 0.2) is 18.2 Å². The molecule has 20 heavy (non-hydrogen) atoms. The number of aromatic carboxylic acids is 1. The molecule has 7 nitrogen and oxygen atoms in total. The fourth-order valence-electron chi connectivity index (χ4n) is 2.17. The number of nitro groups is 1. The van der Waals surface area contributed by atoms with Crippen molar-refractivity contribution in [3.05, 3.63) is 33.9 Å². The second-order valence-corrected chi connectivity index (χ2v) is 4.89. The fourth-order valence-corrected chi connectivity index (χ4v) is 2.42. The van der Waals surface area contributed by atoms with Gasteiger partial charge in [-0.2, -0.15) is 12.6 Å². The maximum atomic E-state index is 11.8. The molecule has 1 aromatic rings. The largest absolute Gasteiger partial charge is 0.477 e. The number of carboxylic acids is 1. The van der Waals surface area contributed by atoms with E-state index >= 15 is 0 Å². The van der Waals surface area contributed by atoms with Crippen molar-refractivity contribution in [2.75, 3.05) is 17.2 Å². The Kier molecular flexibility index (Phi) is 3.93. The van der Waals surface area contributed by atoms with E-state index in [0.717, 1.165) is 12.1 Å². The average molecular weight is 296 g/mol. The lowest BCUT2D eigenvalue weighted by Crippen LogP contribution is -2.24. The standard InChI is InChI=1S/C12H12N2O5S/c15-11-3-7(6-20)5-13(11)8-1-2-9(12(16)17)10(4-8)14(18)19/h1-2,4,7,20H,3,5-6H2,(H,16,17). The van der Waals surface area contributed by atoms with Crippen LogP contribution in [-0.4, -0.2) is 34.2 Å². The smallest absolute Gasteiger partial charge is 0.342 e. The van der Waals surface area contributed by atoms with Gasteiger partial charge in [-0.05, 0) is 23.8 Å². The van der Waals surface area contributed by atoms with Crippen molar-refractivity contribution in [2.24, 2.45) is 5.92 Å². The number of anilines is 1. The van der Waals surface area contributed by atoms with Crippen LogP contribution in [0.2, 0.25) is 0 Å². The number of hydrogen-bond donors (Lipinski definition) is 2. The Balaban J connectivity index is 2.39. The van der Waals surface area contributed by atoms with Crippen LogP contribution < -0.4 is 4.90 Å². The van der Waals surface area contributed by atoms with Gasteiger partial charge in [0.15, 0.2) is 0 Å². The van der Waals surface area contributed by atoms with Crippen LogP contribution in [0.4, 0.5) is 11.4 Å². The van der Waals surface area contributed by atoms with Crippen LogP contribution in [0, 0.1) is 16.0 Å². The molecular weight excluding hydrogens is 284 g/mol. The van der Waals surface area contributed by atoms with E-state index in [1.807, 2.05) is 0 Å². The highest BCUT2D eigenvalue weighted by atomic mass is 32.1. The van der Waals surface area contributed by atoms with E-state index in [0.29, 0.717) is 24.4 Å². The topological polar surface area (TPSA) is 101 Å². The zero-order chi connectivity index (χ0) is 14.9. The normalized spacial score (nSPS) is 18.4. The van der Waals surface area contributed by atoms with Crippen LogP contribution in [0.3, 0.4) is 0 Å². The molecule has 0 aromatic heterocycles. The molecule has 0 saturated carbocycles. The second-order valence-electron chi connectivity index (χ2n) is 4.52. The molecular formula is C12H12N2O5S. The highest BCUT2D eigenvalue weighted by molar-refractivity contribution is 7.80. The molecule has 1 heterocycles. The Bertz CT molecular complexity index is 589. The van der Waals surface area contributed by atoms with E-state index in [9.17, 15) is 19.7 Å². The number of amides is 1. The summed E-state index contributed by atoms with van der Waals surface area (Å²) in [5.41, 5.74) is -0.566. The fraction of sp³-hybridized carbons (Fsp3) is 0.333. The summed E-state index contributed by atoms with van der Waals surface area (Å²) in [4.78, 5) is 34.4. The number of carboxylic acid groups (broad SMARTS) is 1. The Labute approximate surface area is 119 Å². The number of nitrogens with zero attached hydrogens (tertiary/aromatic N) is 2. The lowest BCUT2D eigenvalue weighted by atomic mass is 10.1. The van der Waals surface area contributed by atoms with Crippen molar-refractivity contribution in [2.45, 2.75) is 6.42 Å². The zero-order valence-corrected chi connectivity index (χ0v) is 11.2. The van der Waals surface area contributed by atoms with Crippen LogP contribution in [0.25, 0.3) is 0 Å². The summed E-state index contributed by atoms with van der Waals surface area (Å²) >= 11 is 4.14. The minimum Gasteiger partial charge on any atom is -0.477 e. The predicted molar refractivity (Wildman–Crippen MR) is 74.4 cm³/mol. The highest BCUT2D eigenvalue weighted by Crippen LogP contribution is 2.30. The summed E-state index contributed by atoms with van der Waals surface area (Å²) in [5, 5.41) is 19.8. The molecule has 0 spiro atoms. The molecule has 1 fully saturated rings. The predicted octanol–water partition coefficient (Wildman–Crippen LogP) is 1.58. The molecule has 1 aromatic carbocycles. The highest BCUT2D eigenvalue weighted by Gasteiger charge is 2.31. The van der Waals surface area contributed by atoms with Crippen LogP contribution >= 0.6 is 12.6 Å². The third-order valence-electron chi connectivity index (χ3n) is 3.18. The summed E-state index contributed by atoms with van der Waals surface area (Å²) in [6, 6.07) is 3.69. The van der Waals surface area contributed by atoms with E-state index < -0.39 is 22.1 Å². The number of carbonyl (C=O) groups is 2. The molecule has 1 unspecified atom stereocenters. The summed E-state index contributed by atoms with van der Waals surface area (Å²) in [7, 11) is 0. The van der Waals surface area contributed by atoms with Crippen LogP contribution in [-0.2, 0) is 4.79 Å². The third-order valence-corrected chi connectivity index (χ3v) is 3.70.